The van der Waals surface area contributed by atoms with Crippen LogP contribution in [0.5, 0.6) is 0 Å². The lowest BCUT2D eigenvalue weighted by Crippen LogP contribution is -2.06. The normalized spacial score (nSPS) is 16.9. The number of esters is 1. The first-order valence-electron chi connectivity index (χ1n) is 10.2. The summed E-state index contributed by atoms with van der Waals surface area (Å²) in [6, 6.07) is 0. The molecule has 23 heavy (non-hydrogen) atoms. The molecule has 0 saturated heterocycles. The van der Waals surface area contributed by atoms with Crippen molar-refractivity contribution in [2.24, 2.45) is 0 Å². The van der Waals surface area contributed by atoms with Crippen LogP contribution in [-0.4, -0.2) is 12.1 Å². The fourth-order valence-electron chi connectivity index (χ4n) is 3.29. The summed E-state index contributed by atoms with van der Waals surface area (Å²) in [5.41, 5.74) is 0. The number of unbranched alkanes of at least 4 members (excludes halogenated alkanes) is 14. The van der Waals surface area contributed by atoms with Crippen molar-refractivity contribution in [3.8, 4) is 0 Å². The van der Waals surface area contributed by atoms with Gasteiger partial charge in [-0.2, -0.15) is 0 Å². The average molecular weight is 323 g/mol. The molecule has 0 aromatic carbocycles. The summed E-state index contributed by atoms with van der Waals surface area (Å²) >= 11 is 0. The molecular formula is C21H38O2. The molecule has 2 heteroatoms. The topological polar surface area (TPSA) is 26.3 Å². The van der Waals surface area contributed by atoms with E-state index in [2.05, 4.69) is 6.92 Å². The second-order valence-corrected chi connectivity index (χ2v) is 7.07. The molecule has 0 aromatic heterocycles. The molecule has 1 aliphatic heterocycles. The Kier molecular flexibility index (Phi) is 13.0. The molecule has 0 saturated carbocycles. The standard InChI is InChI=1S/C21H38O2/c1-2-3-4-5-6-7-8-9-10-11-12-13-14-15-16-17-20-18-19-21(22)23-20/h18-20H,2-17H2,1H3. The molecule has 0 aliphatic carbocycles. The fraction of sp³-hybridized carbons (Fsp3) is 0.857. The molecule has 0 N–H and O–H groups in total. The smallest absolute Gasteiger partial charge is 0.331 e. The first kappa shape index (κ1) is 20.3. The van der Waals surface area contributed by atoms with E-state index in [0.717, 1.165) is 6.42 Å². The number of hydrogen-bond donors (Lipinski definition) is 0. The van der Waals surface area contributed by atoms with E-state index in [9.17, 15) is 4.79 Å². The van der Waals surface area contributed by atoms with Gasteiger partial charge in [0.1, 0.15) is 6.10 Å². The molecule has 1 aliphatic rings. The molecule has 2 nitrogen and oxygen atoms in total. The number of carbonyl (C=O) groups is 1. The molecule has 0 spiro atoms. The maximum Gasteiger partial charge on any atom is 0.331 e. The van der Waals surface area contributed by atoms with Crippen molar-refractivity contribution in [2.75, 3.05) is 0 Å². The third kappa shape index (κ3) is 12.3. The molecule has 0 aromatic rings. The third-order valence-corrected chi connectivity index (χ3v) is 4.81. The van der Waals surface area contributed by atoms with Gasteiger partial charge in [0.25, 0.3) is 0 Å². The van der Waals surface area contributed by atoms with Gasteiger partial charge in [-0.3, -0.25) is 0 Å². The number of hydrogen-bond acceptors (Lipinski definition) is 2. The highest BCUT2D eigenvalue weighted by Crippen LogP contribution is 2.16. The van der Waals surface area contributed by atoms with Gasteiger partial charge in [0.05, 0.1) is 0 Å². The Labute approximate surface area is 144 Å². The molecule has 0 radical (unpaired) electrons. The van der Waals surface area contributed by atoms with Gasteiger partial charge in [-0.05, 0) is 18.9 Å². The molecule has 1 rings (SSSR count). The van der Waals surface area contributed by atoms with Crippen LogP contribution in [0.1, 0.15) is 110 Å². The van der Waals surface area contributed by atoms with Gasteiger partial charge >= 0.3 is 5.97 Å². The van der Waals surface area contributed by atoms with Gasteiger partial charge in [0.15, 0.2) is 0 Å². The van der Waals surface area contributed by atoms with Crippen LogP contribution in [0.25, 0.3) is 0 Å². The Bertz CT molecular complexity index is 309. The van der Waals surface area contributed by atoms with E-state index >= 15 is 0 Å². The average Bonchev–Trinajstić information content (AvgIpc) is 2.96. The first-order valence-corrected chi connectivity index (χ1v) is 10.2. The van der Waals surface area contributed by atoms with Crippen LogP contribution < -0.4 is 0 Å². The maximum absolute atomic E-state index is 10.9. The minimum absolute atomic E-state index is 0.0597. The number of ether oxygens (including phenoxy) is 1. The second-order valence-electron chi connectivity index (χ2n) is 7.07. The van der Waals surface area contributed by atoms with Gasteiger partial charge in [-0.15, -0.1) is 0 Å². The summed E-state index contributed by atoms with van der Waals surface area (Å²) in [6.45, 7) is 2.28. The highest BCUT2D eigenvalue weighted by atomic mass is 16.5. The lowest BCUT2D eigenvalue weighted by Gasteiger charge is -2.07. The van der Waals surface area contributed by atoms with Crippen molar-refractivity contribution in [1.82, 2.24) is 0 Å². The van der Waals surface area contributed by atoms with Crippen molar-refractivity contribution >= 4 is 5.97 Å². The van der Waals surface area contributed by atoms with Gasteiger partial charge in [-0.25, -0.2) is 4.79 Å². The van der Waals surface area contributed by atoms with E-state index in [-0.39, 0.29) is 12.1 Å². The van der Waals surface area contributed by atoms with E-state index in [1.807, 2.05) is 6.08 Å². The SMILES string of the molecule is CCCCCCCCCCCCCCCCCC1C=CC(=O)O1. The van der Waals surface area contributed by atoms with E-state index < -0.39 is 0 Å². The largest absolute Gasteiger partial charge is 0.455 e. The van der Waals surface area contributed by atoms with Crippen molar-refractivity contribution in [2.45, 2.75) is 116 Å². The summed E-state index contributed by atoms with van der Waals surface area (Å²) < 4.78 is 5.13. The van der Waals surface area contributed by atoms with E-state index in [1.54, 1.807) is 6.08 Å². The molecule has 1 unspecified atom stereocenters. The van der Waals surface area contributed by atoms with Crippen LogP contribution in [-0.2, 0) is 9.53 Å². The second kappa shape index (κ2) is 14.8. The highest BCUT2D eigenvalue weighted by Gasteiger charge is 2.15. The van der Waals surface area contributed by atoms with Crippen LogP contribution in [0.4, 0.5) is 0 Å². The summed E-state index contributed by atoms with van der Waals surface area (Å²) in [6.07, 6.45) is 25.4. The predicted molar refractivity (Wildman–Crippen MR) is 98.6 cm³/mol. The molecular weight excluding hydrogens is 284 g/mol. The van der Waals surface area contributed by atoms with Gasteiger partial charge in [-0.1, -0.05) is 96.8 Å². The summed E-state index contributed by atoms with van der Waals surface area (Å²) in [7, 11) is 0. The predicted octanol–water partition coefficient (Wildman–Crippen LogP) is 6.73. The summed E-state index contributed by atoms with van der Waals surface area (Å²) in [4.78, 5) is 10.9. The Morgan fingerprint density at radius 2 is 1.17 bits per heavy atom. The Morgan fingerprint density at radius 1 is 0.739 bits per heavy atom. The molecule has 134 valence electrons. The molecule has 1 heterocycles. The minimum atomic E-state index is -0.170. The van der Waals surface area contributed by atoms with Crippen LogP contribution in [0.2, 0.25) is 0 Å². The van der Waals surface area contributed by atoms with Crippen LogP contribution >= 0.6 is 0 Å². The highest BCUT2D eigenvalue weighted by molar-refractivity contribution is 5.84. The van der Waals surface area contributed by atoms with E-state index in [1.165, 1.54) is 96.3 Å². The van der Waals surface area contributed by atoms with Gasteiger partial charge in [0, 0.05) is 6.08 Å². The van der Waals surface area contributed by atoms with Crippen molar-refractivity contribution in [3.63, 3.8) is 0 Å². The van der Waals surface area contributed by atoms with E-state index in [4.69, 9.17) is 4.74 Å². The lowest BCUT2D eigenvalue weighted by atomic mass is 10.0. The zero-order valence-corrected chi connectivity index (χ0v) is 15.4. The van der Waals surface area contributed by atoms with Gasteiger partial charge < -0.3 is 4.74 Å². The number of cyclic esters (lactones) is 1. The summed E-state index contributed by atoms with van der Waals surface area (Å²) in [5.74, 6) is -0.170. The van der Waals surface area contributed by atoms with Crippen molar-refractivity contribution in [3.05, 3.63) is 12.2 Å². The quantitative estimate of drug-likeness (QED) is 0.232. The fourth-order valence-corrected chi connectivity index (χ4v) is 3.29. The number of carbonyl (C=O) groups excluding carboxylic acids is 1. The van der Waals surface area contributed by atoms with Crippen molar-refractivity contribution in [1.29, 1.82) is 0 Å². The lowest BCUT2D eigenvalue weighted by molar-refractivity contribution is -0.138. The Morgan fingerprint density at radius 3 is 1.57 bits per heavy atom. The van der Waals surface area contributed by atoms with Gasteiger partial charge in [0.2, 0.25) is 0 Å². The van der Waals surface area contributed by atoms with Crippen LogP contribution in [0, 0.1) is 0 Å². The molecule has 0 bridgehead atoms. The third-order valence-electron chi connectivity index (χ3n) is 4.81. The monoisotopic (exact) mass is 322 g/mol. The molecule has 0 fully saturated rings. The zero-order chi connectivity index (χ0) is 16.6. The Hall–Kier alpha value is -0.790. The maximum atomic E-state index is 10.9. The minimum Gasteiger partial charge on any atom is -0.455 e. The molecule has 1 atom stereocenters. The summed E-state index contributed by atoms with van der Waals surface area (Å²) in [5, 5.41) is 0. The first-order chi connectivity index (χ1) is 11.3. The Balaban J connectivity index is 1.69. The van der Waals surface area contributed by atoms with Crippen molar-refractivity contribution < 1.29 is 9.53 Å². The van der Waals surface area contributed by atoms with E-state index in [0.29, 0.717) is 0 Å². The van der Waals surface area contributed by atoms with Crippen LogP contribution in [0.15, 0.2) is 12.2 Å². The molecule has 0 amide bonds. The van der Waals surface area contributed by atoms with Crippen LogP contribution in [0.3, 0.4) is 0 Å². The zero-order valence-electron chi connectivity index (χ0n) is 15.4. The number of rotatable bonds is 16.